The molecule has 0 aromatic rings. The Bertz CT molecular complexity index is 42.2. The molecule has 1 atom stereocenters. The summed E-state index contributed by atoms with van der Waals surface area (Å²) in [6, 6.07) is 0. The van der Waals surface area contributed by atoms with Gasteiger partial charge in [0.1, 0.15) is 0 Å². The van der Waals surface area contributed by atoms with Crippen molar-refractivity contribution in [2.45, 2.75) is 0 Å². The van der Waals surface area contributed by atoms with Gasteiger partial charge in [-0.1, -0.05) is 0 Å². The second kappa shape index (κ2) is 2.48. The van der Waals surface area contributed by atoms with Crippen molar-refractivity contribution in [2.75, 3.05) is 7.11 Å². The van der Waals surface area contributed by atoms with Gasteiger partial charge in [-0.3, -0.25) is 0 Å². The molecule has 0 saturated heterocycles. The van der Waals surface area contributed by atoms with Gasteiger partial charge in [-0.15, -0.1) is 0 Å². The van der Waals surface area contributed by atoms with E-state index in [9.17, 15) is 8.02 Å². The summed E-state index contributed by atoms with van der Waals surface area (Å²) in [5.74, 6) is 0. The summed E-state index contributed by atoms with van der Waals surface area (Å²) in [5.41, 5.74) is 0. The third kappa shape index (κ3) is 4.24. The van der Waals surface area contributed by atoms with Gasteiger partial charge in [-0.2, -0.15) is 0 Å². The molecule has 0 aliphatic heterocycles. The van der Waals surface area contributed by atoms with Crippen molar-refractivity contribution < 1.29 is 11.8 Å². The molecular weight excluding hydrogens is 139 g/mol. The van der Waals surface area contributed by atoms with Crippen LogP contribution in [0.1, 0.15) is 0 Å². The molecule has 0 aliphatic rings. The Morgan fingerprint density at radius 1 is 2.00 bits per heavy atom. The Hall–Kier alpha value is 0.239. The number of hydrogen-bond donors (Lipinski definition) is 0. The Morgan fingerprint density at radius 2 is 2.20 bits per heavy atom. The first-order valence-corrected chi connectivity index (χ1v) is 3.01. The van der Waals surface area contributed by atoms with Gasteiger partial charge < -0.3 is 0 Å². The Morgan fingerprint density at radius 3 is 2.20 bits per heavy atom. The van der Waals surface area contributed by atoms with Crippen LogP contribution < -0.4 is 4.19 Å². The van der Waals surface area contributed by atoms with E-state index in [1.165, 1.54) is 0 Å². The van der Waals surface area contributed by atoms with Crippen molar-refractivity contribution in [3.05, 3.63) is 0 Å². The molecule has 32 valence electrons. The van der Waals surface area contributed by atoms with Crippen LogP contribution in [0.25, 0.3) is 0 Å². The van der Waals surface area contributed by atoms with Crippen LogP contribution in [-0.4, -0.2) is 21.6 Å². The van der Waals surface area contributed by atoms with Crippen LogP contribution in [-0.2, 0) is 7.65 Å². The van der Waals surface area contributed by atoms with Crippen LogP contribution in [0.3, 0.4) is 0 Å². The maximum absolute atomic E-state index is 9.24. The van der Waals surface area contributed by atoms with Gasteiger partial charge in [-0.05, 0) is 0 Å². The quantitative estimate of drug-likeness (QED) is 0.414. The van der Waals surface area contributed by atoms with Crippen LogP contribution in [0.2, 0.25) is 0 Å². The van der Waals surface area contributed by atoms with Crippen LogP contribution in [0.15, 0.2) is 0 Å². The molecular formula is CH3O3Se-. The molecule has 0 fully saturated rings. The Labute approximate surface area is 34.3 Å². The molecule has 0 bridgehead atoms. The summed E-state index contributed by atoms with van der Waals surface area (Å²) in [7, 11) is 1.13. The fourth-order valence-corrected chi connectivity index (χ4v) is 0. The third-order valence-electron chi connectivity index (χ3n) is 0.136. The molecule has 0 radical (unpaired) electrons. The van der Waals surface area contributed by atoms with E-state index in [1.54, 1.807) is 0 Å². The van der Waals surface area contributed by atoms with E-state index in [0.29, 0.717) is 0 Å². The topological polar surface area (TPSA) is 49.4 Å². The summed E-state index contributed by atoms with van der Waals surface area (Å²) in [6.07, 6.45) is 0. The van der Waals surface area contributed by atoms with Crippen molar-refractivity contribution >= 4 is 14.5 Å². The molecule has 0 saturated carbocycles. The van der Waals surface area contributed by atoms with Gasteiger partial charge in [0, 0.05) is 0 Å². The van der Waals surface area contributed by atoms with E-state index >= 15 is 0 Å². The first-order valence-electron chi connectivity index (χ1n) is 0.908. The fourth-order valence-electron chi connectivity index (χ4n) is 0. The normalized spacial score (nSPS) is 14.8. The van der Waals surface area contributed by atoms with Crippen molar-refractivity contribution in [2.24, 2.45) is 0 Å². The van der Waals surface area contributed by atoms with Crippen molar-refractivity contribution in [3.8, 4) is 0 Å². The average Bonchev–Trinajstić information content (AvgIpc) is 1.38. The van der Waals surface area contributed by atoms with Gasteiger partial charge in [-0.25, -0.2) is 0 Å². The van der Waals surface area contributed by atoms with Gasteiger partial charge >= 0.3 is 33.4 Å². The second-order valence-electron chi connectivity index (χ2n) is 0.371. The van der Waals surface area contributed by atoms with Crippen LogP contribution in [0.5, 0.6) is 0 Å². The molecule has 5 heavy (non-hydrogen) atoms. The van der Waals surface area contributed by atoms with Crippen LogP contribution in [0, 0.1) is 0 Å². The molecule has 0 aromatic carbocycles. The first kappa shape index (κ1) is 5.24. The minimum atomic E-state index is -3.05. The Kier molecular flexibility index (Phi) is 2.59. The predicted octanol–water partition coefficient (Wildman–Crippen LogP) is -1.59. The molecule has 0 amide bonds. The molecule has 0 rings (SSSR count). The zero-order chi connectivity index (χ0) is 4.28. The van der Waals surface area contributed by atoms with E-state index in [0.717, 1.165) is 7.11 Å². The molecule has 4 heteroatoms. The van der Waals surface area contributed by atoms with E-state index in [2.05, 4.69) is 3.82 Å². The molecule has 0 aromatic heterocycles. The Balaban J connectivity index is 2.85. The van der Waals surface area contributed by atoms with Crippen LogP contribution >= 0.6 is 0 Å². The van der Waals surface area contributed by atoms with Gasteiger partial charge in [0.25, 0.3) is 0 Å². The average molecular weight is 142 g/mol. The predicted molar refractivity (Wildman–Crippen MR) is 13.4 cm³/mol. The fraction of sp³-hybridized carbons (Fsp3) is 1.00. The van der Waals surface area contributed by atoms with E-state index in [-0.39, 0.29) is 0 Å². The molecule has 1 unspecified atom stereocenters. The monoisotopic (exact) mass is 143 g/mol. The molecule has 3 nitrogen and oxygen atoms in total. The number of rotatable bonds is 1. The van der Waals surface area contributed by atoms with Crippen molar-refractivity contribution in [3.63, 3.8) is 0 Å². The minimum absolute atomic E-state index is 1.13. The van der Waals surface area contributed by atoms with E-state index < -0.39 is 14.5 Å². The summed E-state index contributed by atoms with van der Waals surface area (Å²) < 4.78 is 22.2. The summed E-state index contributed by atoms with van der Waals surface area (Å²) in [4.78, 5) is 0. The van der Waals surface area contributed by atoms with Crippen LogP contribution in [0.4, 0.5) is 0 Å². The van der Waals surface area contributed by atoms with Crippen molar-refractivity contribution in [1.29, 1.82) is 0 Å². The standard InChI is InChI=1S/CH4O3Se/c1-4-5(2)3/h1H3,(H,2,3)/p-1. The van der Waals surface area contributed by atoms with Gasteiger partial charge in [0.05, 0.1) is 0 Å². The summed E-state index contributed by atoms with van der Waals surface area (Å²) >= 11 is -3.05. The second-order valence-corrected chi connectivity index (χ2v) is 1.93. The van der Waals surface area contributed by atoms with Gasteiger partial charge in [0.2, 0.25) is 0 Å². The summed E-state index contributed by atoms with van der Waals surface area (Å²) in [6.45, 7) is 0. The van der Waals surface area contributed by atoms with E-state index in [1.807, 2.05) is 0 Å². The first-order chi connectivity index (χ1) is 2.27. The molecule has 0 spiro atoms. The molecule has 0 heterocycles. The number of hydrogen-bond acceptors (Lipinski definition) is 3. The van der Waals surface area contributed by atoms with Crippen molar-refractivity contribution in [1.82, 2.24) is 0 Å². The maximum atomic E-state index is 9.24. The zero-order valence-corrected chi connectivity index (χ0v) is 4.35. The molecule has 0 N–H and O–H groups in total. The molecule has 0 aliphatic carbocycles. The third-order valence-corrected chi connectivity index (χ3v) is 0.707. The SMILES string of the molecule is CO[Se](=O)[O-]. The summed E-state index contributed by atoms with van der Waals surface area (Å²) in [5, 5.41) is 0. The zero-order valence-electron chi connectivity index (χ0n) is 2.63. The van der Waals surface area contributed by atoms with E-state index in [4.69, 9.17) is 0 Å². The van der Waals surface area contributed by atoms with Gasteiger partial charge in [0.15, 0.2) is 0 Å².